The van der Waals surface area contributed by atoms with Crippen LogP contribution in [0.4, 0.5) is 4.79 Å². The standard InChI is InChI=1S/C23H18O5/c1-14-8-10-19-17(12-14)21(22(24)27-19)18-13-15(2)9-11-20(18)28-23(25)26-16-6-4-3-5-7-16/h3-13,21H,1-2H3. The Hall–Kier alpha value is -3.60. The molecule has 0 aliphatic carbocycles. The predicted octanol–water partition coefficient (Wildman–Crippen LogP) is 4.93. The minimum absolute atomic E-state index is 0.267. The third-order valence-corrected chi connectivity index (χ3v) is 4.54. The molecule has 0 N–H and O–H groups in total. The van der Waals surface area contributed by atoms with E-state index in [0.29, 0.717) is 17.1 Å². The molecule has 140 valence electrons. The number of rotatable bonds is 3. The fraction of sp³-hybridized carbons (Fsp3) is 0.130. The number of esters is 1. The Morgan fingerprint density at radius 1 is 0.857 bits per heavy atom. The highest BCUT2D eigenvalue weighted by Crippen LogP contribution is 2.43. The molecule has 1 heterocycles. The molecule has 3 aromatic carbocycles. The summed E-state index contributed by atoms with van der Waals surface area (Å²) in [5.74, 6) is 0.118. The summed E-state index contributed by atoms with van der Waals surface area (Å²) in [6.45, 7) is 3.86. The van der Waals surface area contributed by atoms with Gasteiger partial charge in [-0.1, -0.05) is 53.6 Å². The first kappa shape index (κ1) is 17.8. The van der Waals surface area contributed by atoms with Crippen molar-refractivity contribution in [3.8, 4) is 17.2 Å². The van der Waals surface area contributed by atoms with Crippen LogP contribution in [0.2, 0.25) is 0 Å². The smallest absolute Gasteiger partial charge is 0.425 e. The molecule has 0 fully saturated rings. The Morgan fingerprint density at radius 3 is 2.29 bits per heavy atom. The van der Waals surface area contributed by atoms with E-state index in [9.17, 15) is 9.59 Å². The van der Waals surface area contributed by atoms with Gasteiger partial charge in [-0.3, -0.25) is 4.79 Å². The number of ether oxygens (including phenoxy) is 3. The third kappa shape index (κ3) is 3.47. The van der Waals surface area contributed by atoms with Crippen LogP contribution in [-0.4, -0.2) is 12.1 Å². The normalized spacial score (nSPS) is 14.9. The van der Waals surface area contributed by atoms with Gasteiger partial charge in [-0.15, -0.1) is 0 Å². The molecule has 4 rings (SSSR count). The van der Waals surface area contributed by atoms with Crippen molar-refractivity contribution >= 4 is 12.1 Å². The second-order valence-electron chi connectivity index (χ2n) is 6.70. The summed E-state index contributed by atoms with van der Waals surface area (Å²) in [6, 6.07) is 19.5. The lowest BCUT2D eigenvalue weighted by Crippen LogP contribution is -2.18. The summed E-state index contributed by atoms with van der Waals surface area (Å²) in [5.41, 5.74) is 3.28. The van der Waals surface area contributed by atoms with Crippen LogP contribution in [0.3, 0.4) is 0 Å². The number of aryl methyl sites for hydroxylation is 2. The Kier molecular flexibility index (Phi) is 4.57. The van der Waals surface area contributed by atoms with Crippen molar-refractivity contribution in [1.82, 2.24) is 0 Å². The van der Waals surface area contributed by atoms with Crippen molar-refractivity contribution in [3.05, 3.63) is 89.0 Å². The van der Waals surface area contributed by atoms with Crippen molar-refractivity contribution in [1.29, 1.82) is 0 Å². The molecule has 1 aliphatic rings. The fourth-order valence-corrected chi connectivity index (χ4v) is 3.26. The zero-order valence-corrected chi connectivity index (χ0v) is 15.5. The Balaban J connectivity index is 1.67. The lowest BCUT2D eigenvalue weighted by atomic mass is 9.90. The molecular formula is C23H18O5. The van der Waals surface area contributed by atoms with Crippen LogP contribution < -0.4 is 14.2 Å². The SMILES string of the molecule is Cc1ccc(OC(=O)Oc2ccccc2)c(C2C(=O)Oc3ccc(C)cc32)c1. The van der Waals surface area contributed by atoms with Gasteiger partial charge >= 0.3 is 12.1 Å². The molecule has 1 atom stereocenters. The fourth-order valence-electron chi connectivity index (χ4n) is 3.26. The monoisotopic (exact) mass is 374 g/mol. The van der Waals surface area contributed by atoms with E-state index in [1.807, 2.05) is 44.2 Å². The second-order valence-corrected chi connectivity index (χ2v) is 6.70. The zero-order chi connectivity index (χ0) is 19.7. The molecule has 5 heteroatoms. The maximum atomic E-state index is 12.6. The van der Waals surface area contributed by atoms with Gasteiger partial charge in [0, 0.05) is 11.1 Å². The van der Waals surface area contributed by atoms with Gasteiger partial charge in [-0.05, 0) is 38.1 Å². The van der Waals surface area contributed by atoms with Gasteiger partial charge in [0.2, 0.25) is 0 Å². The molecule has 0 radical (unpaired) electrons. The summed E-state index contributed by atoms with van der Waals surface area (Å²) in [6.07, 6.45) is -0.868. The van der Waals surface area contributed by atoms with E-state index in [0.717, 1.165) is 16.7 Å². The highest BCUT2D eigenvalue weighted by molar-refractivity contribution is 5.90. The first-order valence-electron chi connectivity index (χ1n) is 8.89. The average Bonchev–Trinajstić information content (AvgIpc) is 2.99. The van der Waals surface area contributed by atoms with Crippen molar-refractivity contribution in [3.63, 3.8) is 0 Å². The van der Waals surface area contributed by atoms with Gasteiger partial charge in [0.25, 0.3) is 0 Å². The first-order chi connectivity index (χ1) is 13.5. The number of carbonyl (C=O) groups is 2. The number of carbonyl (C=O) groups excluding carboxylic acids is 2. The van der Waals surface area contributed by atoms with Gasteiger partial charge in [-0.2, -0.15) is 0 Å². The van der Waals surface area contributed by atoms with E-state index in [-0.39, 0.29) is 5.75 Å². The number of hydrogen-bond donors (Lipinski definition) is 0. The van der Waals surface area contributed by atoms with E-state index < -0.39 is 18.0 Å². The average molecular weight is 374 g/mol. The van der Waals surface area contributed by atoms with E-state index in [4.69, 9.17) is 14.2 Å². The van der Waals surface area contributed by atoms with Crippen LogP contribution >= 0.6 is 0 Å². The molecule has 5 nitrogen and oxygen atoms in total. The molecule has 3 aromatic rings. The molecule has 1 aliphatic heterocycles. The molecule has 1 unspecified atom stereocenters. The lowest BCUT2D eigenvalue weighted by Gasteiger charge is -2.15. The van der Waals surface area contributed by atoms with E-state index in [1.165, 1.54) is 0 Å². The van der Waals surface area contributed by atoms with Gasteiger partial charge < -0.3 is 14.2 Å². The van der Waals surface area contributed by atoms with Gasteiger partial charge in [0.15, 0.2) is 0 Å². The van der Waals surface area contributed by atoms with Gasteiger partial charge in [0.05, 0.1) is 0 Å². The molecule has 28 heavy (non-hydrogen) atoms. The second kappa shape index (κ2) is 7.19. The Morgan fingerprint density at radius 2 is 1.54 bits per heavy atom. The highest BCUT2D eigenvalue weighted by atomic mass is 16.7. The maximum absolute atomic E-state index is 12.6. The predicted molar refractivity (Wildman–Crippen MR) is 103 cm³/mol. The van der Waals surface area contributed by atoms with Gasteiger partial charge in [0.1, 0.15) is 23.2 Å². The first-order valence-corrected chi connectivity index (χ1v) is 8.89. The van der Waals surface area contributed by atoms with E-state index >= 15 is 0 Å². The van der Waals surface area contributed by atoms with Crippen LogP contribution in [0.1, 0.15) is 28.2 Å². The van der Waals surface area contributed by atoms with Gasteiger partial charge in [-0.25, -0.2) is 4.79 Å². The van der Waals surface area contributed by atoms with Crippen LogP contribution in [-0.2, 0) is 4.79 Å². The molecular weight excluding hydrogens is 356 g/mol. The summed E-state index contributed by atoms with van der Waals surface area (Å²) in [5, 5.41) is 0. The van der Waals surface area contributed by atoms with Crippen molar-refractivity contribution in [2.24, 2.45) is 0 Å². The topological polar surface area (TPSA) is 61.8 Å². The van der Waals surface area contributed by atoms with Crippen LogP contribution in [0.25, 0.3) is 0 Å². The van der Waals surface area contributed by atoms with E-state index in [2.05, 4.69) is 0 Å². The Bertz CT molecular complexity index is 1060. The number of benzene rings is 3. The third-order valence-electron chi connectivity index (χ3n) is 4.54. The van der Waals surface area contributed by atoms with Crippen LogP contribution in [0.5, 0.6) is 17.2 Å². The largest absolute Gasteiger partial charge is 0.519 e. The quantitative estimate of drug-likeness (QED) is 0.369. The lowest BCUT2D eigenvalue weighted by molar-refractivity contribution is -0.133. The highest BCUT2D eigenvalue weighted by Gasteiger charge is 2.37. The molecule has 0 saturated carbocycles. The summed E-state index contributed by atoms with van der Waals surface area (Å²) in [4.78, 5) is 24.8. The molecule has 0 spiro atoms. The number of para-hydroxylation sites is 1. The van der Waals surface area contributed by atoms with Crippen LogP contribution in [0, 0.1) is 13.8 Å². The molecule has 0 saturated heterocycles. The van der Waals surface area contributed by atoms with Crippen molar-refractivity contribution in [2.45, 2.75) is 19.8 Å². The number of hydrogen-bond acceptors (Lipinski definition) is 5. The summed E-state index contributed by atoms with van der Waals surface area (Å²) in [7, 11) is 0. The molecule has 0 amide bonds. The maximum Gasteiger partial charge on any atom is 0.519 e. The zero-order valence-electron chi connectivity index (χ0n) is 15.5. The van der Waals surface area contributed by atoms with Crippen molar-refractivity contribution < 1.29 is 23.8 Å². The molecule has 0 bridgehead atoms. The molecule has 0 aromatic heterocycles. The summed E-state index contributed by atoms with van der Waals surface area (Å²) >= 11 is 0. The van der Waals surface area contributed by atoms with E-state index in [1.54, 1.807) is 36.4 Å². The Labute approximate surface area is 162 Å². The summed E-state index contributed by atoms with van der Waals surface area (Å²) < 4.78 is 16.1. The van der Waals surface area contributed by atoms with Crippen LogP contribution in [0.15, 0.2) is 66.7 Å². The number of fused-ring (bicyclic) bond motifs is 1. The minimum atomic E-state index is -0.868. The minimum Gasteiger partial charge on any atom is -0.425 e. The van der Waals surface area contributed by atoms with Crippen molar-refractivity contribution in [2.75, 3.05) is 0 Å².